The number of rotatable bonds is 14. The molecular formula is C34H45N3O7. The Morgan fingerprint density at radius 2 is 1.86 bits per heavy atom. The van der Waals surface area contributed by atoms with Gasteiger partial charge in [0.1, 0.15) is 16.9 Å². The fraction of sp³-hybridized carbons (Fsp3) is 0.588. The van der Waals surface area contributed by atoms with Gasteiger partial charge in [0, 0.05) is 35.6 Å². The summed E-state index contributed by atoms with van der Waals surface area (Å²) in [7, 11) is 0. The molecule has 0 radical (unpaired) electrons. The number of fused-ring (bicyclic) bond motifs is 1. The molecule has 1 saturated carbocycles. The van der Waals surface area contributed by atoms with Gasteiger partial charge in [-0.05, 0) is 70.1 Å². The van der Waals surface area contributed by atoms with E-state index in [2.05, 4.69) is 10.3 Å². The van der Waals surface area contributed by atoms with Crippen molar-refractivity contribution in [1.82, 2.24) is 10.3 Å². The number of hydrogen-bond acceptors (Lipinski definition) is 8. The predicted octanol–water partition coefficient (Wildman–Crippen LogP) is 5.49. The summed E-state index contributed by atoms with van der Waals surface area (Å²) in [6.07, 6.45) is 3.00. The summed E-state index contributed by atoms with van der Waals surface area (Å²) in [6, 6.07) is 7.99. The smallest absolute Gasteiger partial charge is 0.326 e. The lowest BCUT2D eigenvalue weighted by atomic mass is 9.80. The van der Waals surface area contributed by atoms with Crippen molar-refractivity contribution in [3.8, 4) is 11.8 Å². The van der Waals surface area contributed by atoms with E-state index in [1.54, 1.807) is 6.07 Å². The van der Waals surface area contributed by atoms with E-state index in [1.807, 2.05) is 52.0 Å². The number of nitrogens with one attached hydrogen (secondary N) is 2. The highest BCUT2D eigenvalue weighted by Gasteiger charge is 2.35. The van der Waals surface area contributed by atoms with Gasteiger partial charge in [0.25, 0.3) is 0 Å². The zero-order chi connectivity index (χ0) is 32.7. The lowest BCUT2D eigenvalue weighted by molar-refractivity contribution is -0.154. The van der Waals surface area contributed by atoms with E-state index in [-0.39, 0.29) is 29.8 Å². The highest BCUT2D eigenvalue weighted by atomic mass is 16.5. The maximum atomic E-state index is 13.8. The molecule has 44 heavy (non-hydrogen) atoms. The third kappa shape index (κ3) is 9.25. The number of H-pyrrole nitrogens is 1. The molecule has 1 fully saturated rings. The Balaban J connectivity index is 1.83. The van der Waals surface area contributed by atoms with Gasteiger partial charge in [-0.25, -0.2) is 0 Å². The van der Waals surface area contributed by atoms with E-state index >= 15 is 0 Å². The Morgan fingerprint density at radius 3 is 2.50 bits per heavy atom. The number of carbonyl (C=O) groups is 5. The number of benzene rings is 1. The molecule has 0 saturated heterocycles. The molecule has 0 unspecified atom stereocenters. The third-order valence-electron chi connectivity index (χ3n) is 7.93. The monoisotopic (exact) mass is 607 g/mol. The minimum Gasteiger partial charge on any atom is -0.493 e. The van der Waals surface area contributed by atoms with Crippen molar-refractivity contribution in [3.63, 3.8) is 0 Å². The van der Waals surface area contributed by atoms with Crippen LogP contribution < -0.4 is 10.1 Å². The van der Waals surface area contributed by atoms with Crippen molar-refractivity contribution in [1.29, 1.82) is 5.26 Å². The molecule has 0 aliphatic heterocycles. The van der Waals surface area contributed by atoms with E-state index in [0.717, 1.165) is 23.7 Å². The summed E-state index contributed by atoms with van der Waals surface area (Å²) in [5.74, 6) is -2.64. The summed E-state index contributed by atoms with van der Waals surface area (Å²) in [5, 5.41) is 12.8. The van der Waals surface area contributed by atoms with E-state index < -0.39 is 47.6 Å². The quantitative estimate of drug-likeness (QED) is 0.211. The van der Waals surface area contributed by atoms with Gasteiger partial charge in [-0.3, -0.25) is 24.0 Å². The standard InChI is InChI=1S/C34H45N3O7/c1-7-43-30-14-10-12-24-23(30)17-26(36-24)28(39)16-22(18-33(2,3)4)31(41)37-25(15-21-11-8-9-13-27(21)38)29(40)19-44-32(42)34(5,6)20-35/h10,12,14,17,21-22,25,36H,7-9,11,13,15-16,18-19H2,1-6H3,(H,37,41)/t21-,22-,25-/m0/s1. The van der Waals surface area contributed by atoms with Crippen molar-refractivity contribution < 1.29 is 33.4 Å². The normalized spacial score (nSPS) is 16.9. The lowest BCUT2D eigenvalue weighted by Gasteiger charge is -2.29. The number of hydrogen-bond donors (Lipinski definition) is 2. The van der Waals surface area contributed by atoms with E-state index in [9.17, 15) is 29.2 Å². The first-order chi connectivity index (χ1) is 20.6. The summed E-state index contributed by atoms with van der Waals surface area (Å²) in [5.41, 5.74) is -0.663. The largest absolute Gasteiger partial charge is 0.493 e. The van der Waals surface area contributed by atoms with Crippen molar-refractivity contribution >= 4 is 40.1 Å². The van der Waals surface area contributed by atoms with Crippen LogP contribution in [0.1, 0.15) is 97.0 Å². The number of aromatic amines is 1. The summed E-state index contributed by atoms with van der Waals surface area (Å²) < 4.78 is 10.8. The van der Waals surface area contributed by atoms with E-state index in [0.29, 0.717) is 37.3 Å². The van der Waals surface area contributed by atoms with Crippen LogP contribution in [0.5, 0.6) is 5.75 Å². The number of ketones is 3. The molecule has 1 aliphatic rings. The molecular weight excluding hydrogens is 562 g/mol. The van der Waals surface area contributed by atoms with Crippen LogP contribution in [0.15, 0.2) is 24.3 Å². The molecule has 3 rings (SSSR count). The molecule has 3 atom stereocenters. The predicted molar refractivity (Wildman–Crippen MR) is 165 cm³/mol. The number of nitrogens with zero attached hydrogens (tertiary/aromatic N) is 1. The fourth-order valence-electron chi connectivity index (χ4n) is 5.50. The van der Waals surface area contributed by atoms with Crippen LogP contribution in [-0.2, 0) is 23.9 Å². The van der Waals surface area contributed by atoms with Crippen LogP contribution in [-0.4, -0.2) is 53.5 Å². The first-order valence-electron chi connectivity index (χ1n) is 15.4. The van der Waals surface area contributed by atoms with Gasteiger partial charge < -0.3 is 19.8 Å². The van der Waals surface area contributed by atoms with E-state index in [1.165, 1.54) is 13.8 Å². The molecule has 2 aromatic rings. The highest BCUT2D eigenvalue weighted by molar-refractivity contribution is 6.02. The molecule has 1 aromatic heterocycles. The molecule has 238 valence electrons. The molecule has 1 aromatic carbocycles. The zero-order valence-electron chi connectivity index (χ0n) is 26.7. The second-order valence-corrected chi connectivity index (χ2v) is 13.4. The maximum absolute atomic E-state index is 13.8. The fourth-order valence-corrected chi connectivity index (χ4v) is 5.50. The molecule has 1 amide bonds. The zero-order valence-corrected chi connectivity index (χ0v) is 26.7. The molecule has 2 N–H and O–H groups in total. The van der Waals surface area contributed by atoms with Gasteiger partial charge in [-0.1, -0.05) is 33.3 Å². The number of carbonyl (C=O) groups excluding carboxylic acids is 5. The summed E-state index contributed by atoms with van der Waals surface area (Å²) in [4.78, 5) is 68.8. The minimum absolute atomic E-state index is 0.0394. The Kier molecular flexibility index (Phi) is 11.5. The third-order valence-corrected chi connectivity index (χ3v) is 7.93. The summed E-state index contributed by atoms with van der Waals surface area (Å²) in [6.45, 7) is 10.4. The average molecular weight is 608 g/mol. The maximum Gasteiger partial charge on any atom is 0.326 e. The molecule has 10 heteroatoms. The average Bonchev–Trinajstić information content (AvgIpc) is 3.41. The molecule has 0 bridgehead atoms. The number of aromatic nitrogens is 1. The highest BCUT2D eigenvalue weighted by Crippen LogP contribution is 2.31. The van der Waals surface area contributed by atoms with Gasteiger partial charge in [0.05, 0.1) is 24.4 Å². The van der Waals surface area contributed by atoms with Gasteiger partial charge in [0.15, 0.2) is 18.2 Å². The van der Waals surface area contributed by atoms with Gasteiger partial charge in [0.2, 0.25) is 5.91 Å². The lowest BCUT2D eigenvalue weighted by Crippen LogP contribution is -2.48. The Bertz CT molecular complexity index is 1430. The second-order valence-electron chi connectivity index (χ2n) is 13.4. The van der Waals surface area contributed by atoms with Gasteiger partial charge >= 0.3 is 5.97 Å². The van der Waals surface area contributed by atoms with Crippen LogP contribution in [0, 0.1) is 34.0 Å². The number of esters is 1. The number of Topliss-reactive ketones (excluding diaryl/α,β-unsaturated/α-hetero) is 3. The van der Waals surface area contributed by atoms with Crippen LogP contribution in [0.2, 0.25) is 0 Å². The molecule has 1 heterocycles. The van der Waals surface area contributed by atoms with Crippen LogP contribution in [0.4, 0.5) is 0 Å². The Morgan fingerprint density at radius 1 is 1.14 bits per heavy atom. The Hall–Kier alpha value is -4.00. The van der Waals surface area contributed by atoms with E-state index in [4.69, 9.17) is 9.47 Å². The SMILES string of the molecule is CCOc1cccc2[nH]c(C(=O)C[C@@H](CC(C)(C)C)C(=O)N[C@@H](C[C@@H]3CCCCC3=O)C(=O)COC(=O)C(C)(C)C#N)cc12. The minimum atomic E-state index is -1.44. The first kappa shape index (κ1) is 34.5. The number of ether oxygens (including phenoxy) is 2. The second kappa shape index (κ2) is 14.7. The molecule has 10 nitrogen and oxygen atoms in total. The van der Waals surface area contributed by atoms with Crippen molar-refractivity contribution in [3.05, 3.63) is 30.0 Å². The summed E-state index contributed by atoms with van der Waals surface area (Å²) >= 11 is 0. The van der Waals surface area contributed by atoms with Gasteiger partial charge in [-0.15, -0.1) is 0 Å². The number of nitriles is 1. The van der Waals surface area contributed by atoms with Crippen LogP contribution in [0.25, 0.3) is 10.9 Å². The van der Waals surface area contributed by atoms with Crippen molar-refractivity contribution in [2.24, 2.45) is 22.7 Å². The van der Waals surface area contributed by atoms with Crippen molar-refractivity contribution in [2.45, 2.75) is 92.5 Å². The Labute approximate surface area is 259 Å². The van der Waals surface area contributed by atoms with Gasteiger partial charge in [-0.2, -0.15) is 5.26 Å². The first-order valence-corrected chi connectivity index (χ1v) is 15.4. The topological polar surface area (TPSA) is 155 Å². The number of amides is 1. The molecule has 1 aliphatic carbocycles. The van der Waals surface area contributed by atoms with Crippen LogP contribution >= 0.6 is 0 Å². The molecule has 0 spiro atoms. The van der Waals surface area contributed by atoms with Crippen molar-refractivity contribution in [2.75, 3.05) is 13.2 Å². The van der Waals surface area contributed by atoms with Crippen LogP contribution in [0.3, 0.4) is 0 Å².